The summed E-state index contributed by atoms with van der Waals surface area (Å²) in [6.07, 6.45) is 8.16. The molecular formula is C15H24BrN3. The van der Waals surface area contributed by atoms with Crippen LogP contribution in [0.5, 0.6) is 0 Å². The lowest BCUT2D eigenvalue weighted by atomic mass is 10.1. The molecule has 0 aromatic carbocycles. The van der Waals surface area contributed by atoms with Crippen LogP contribution in [-0.2, 0) is 19.9 Å². The van der Waals surface area contributed by atoms with Gasteiger partial charge in [0.25, 0.3) is 0 Å². The number of hydrogen-bond acceptors (Lipinski definition) is 2. The van der Waals surface area contributed by atoms with Crippen molar-refractivity contribution in [2.75, 3.05) is 6.54 Å². The first-order valence-electron chi connectivity index (χ1n) is 7.21. The quantitative estimate of drug-likeness (QED) is 0.615. The number of halogens is 1. The van der Waals surface area contributed by atoms with E-state index in [0.717, 1.165) is 37.5 Å². The Morgan fingerprint density at radius 1 is 1.53 bits per heavy atom. The van der Waals surface area contributed by atoms with Crippen LogP contribution in [0.15, 0.2) is 16.1 Å². The van der Waals surface area contributed by atoms with Gasteiger partial charge in [-0.25, -0.2) is 0 Å². The molecule has 19 heavy (non-hydrogen) atoms. The lowest BCUT2D eigenvalue weighted by molar-refractivity contribution is 0.685. The van der Waals surface area contributed by atoms with Gasteiger partial charge in [0.15, 0.2) is 0 Å². The summed E-state index contributed by atoms with van der Waals surface area (Å²) in [5, 5.41) is 8.08. The smallest absolute Gasteiger partial charge is 0.0766 e. The second-order valence-corrected chi connectivity index (χ2v) is 6.22. The molecule has 1 aromatic heterocycles. The van der Waals surface area contributed by atoms with E-state index in [1.54, 1.807) is 0 Å². The maximum Gasteiger partial charge on any atom is 0.0766 e. The Morgan fingerprint density at radius 2 is 2.26 bits per heavy atom. The Bertz CT molecular complexity index is 458. The molecule has 106 valence electrons. The average Bonchev–Trinajstić information content (AvgIpc) is 3.17. The van der Waals surface area contributed by atoms with Gasteiger partial charge in [0.2, 0.25) is 0 Å². The second kappa shape index (κ2) is 6.71. The fourth-order valence-electron chi connectivity index (χ4n) is 2.24. The number of hydrogen-bond donors (Lipinski definition) is 1. The Balaban J connectivity index is 1.87. The van der Waals surface area contributed by atoms with Crippen molar-refractivity contribution in [2.24, 2.45) is 7.05 Å². The zero-order valence-electron chi connectivity index (χ0n) is 12.2. The molecule has 1 saturated carbocycles. The van der Waals surface area contributed by atoms with Crippen molar-refractivity contribution >= 4 is 15.9 Å². The van der Waals surface area contributed by atoms with Crippen LogP contribution in [0.1, 0.15) is 44.5 Å². The van der Waals surface area contributed by atoms with Gasteiger partial charge >= 0.3 is 0 Å². The maximum absolute atomic E-state index is 4.54. The third-order valence-corrected chi connectivity index (χ3v) is 4.51. The monoisotopic (exact) mass is 325 g/mol. The molecule has 1 N–H and O–H groups in total. The van der Waals surface area contributed by atoms with Crippen molar-refractivity contribution in [1.82, 2.24) is 15.1 Å². The molecule has 0 atom stereocenters. The van der Waals surface area contributed by atoms with Crippen LogP contribution in [0.2, 0.25) is 0 Å². The predicted octanol–water partition coefficient (Wildman–Crippen LogP) is 3.38. The van der Waals surface area contributed by atoms with E-state index in [-0.39, 0.29) is 0 Å². The van der Waals surface area contributed by atoms with Crippen LogP contribution >= 0.6 is 15.9 Å². The van der Waals surface area contributed by atoms with Gasteiger partial charge in [0.05, 0.1) is 15.9 Å². The van der Waals surface area contributed by atoms with E-state index in [1.165, 1.54) is 28.6 Å². The van der Waals surface area contributed by atoms with Crippen LogP contribution in [0, 0.1) is 0 Å². The first kappa shape index (κ1) is 14.8. The topological polar surface area (TPSA) is 29.9 Å². The second-order valence-electron chi connectivity index (χ2n) is 5.43. The number of aryl methyl sites for hydroxylation is 2. The zero-order valence-corrected chi connectivity index (χ0v) is 13.8. The molecule has 1 aliphatic rings. The van der Waals surface area contributed by atoms with Crippen molar-refractivity contribution in [2.45, 2.75) is 52.0 Å². The number of aromatic nitrogens is 2. The Kier molecular flexibility index (Phi) is 5.22. The molecule has 0 amide bonds. The molecule has 0 aliphatic heterocycles. The number of rotatable bonds is 7. The molecule has 0 saturated heterocycles. The molecule has 0 spiro atoms. The molecule has 1 fully saturated rings. The van der Waals surface area contributed by atoms with Crippen molar-refractivity contribution in [1.29, 1.82) is 0 Å². The fourth-order valence-corrected chi connectivity index (χ4v) is 3.00. The van der Waals surface area contributed by atoms with Crippen LogP contribution in [0.4, 0.5) is 0 Å². The van der Waals surface area contributed by atoms with Crippen molar-refractivity contribution in [3.63, 3.8) is 0 Å². The van der Waals surface area contributed by atoms with Gasteiger partial charge in [-0.3, -0.25) is 4.68 Å². The fraction of sp³-hybridized carbons (Fsp3) is 0.667. The highest BCUT2D eigenvalue weighted by Gasteiger charge is 2.19. The normalized spacial score (nSPS) is 16.1. The summed E-state index contributed by atoms with van der Waals surface area (Å²) in [6.45, 7) is 5.46. The van der Waals surface area contributed by atoms with Gasteiger partial charge in [-0.15, -0.1) is 0 Å². The highest BCUT2D eigenvalue weighted by molar-refractivity contribution is 9.10. The number of nitrogens with zero attached hydrogens (tertiary/aromatic N) is 2. The first-order chi connectivity index (χ1) is 9.11. The van der Waals surface area contributed by atoms with Gasteiger partial charge in [0.1, 0.15) is 0 Å². The maximum atomic E-state index is 4.54. The van der Waals surface area contributed by atoms with E-state index in [4.69, 9.17) is 0 Å². The summed E-state index contributed by atoms with van der Waals surface area (Å²) >= 11 is 3.68. The molecule has 4 heteroatoms. The summed E-state index contributed by atoms with van der Waals surface area (Å²) < 4.78 is 3.18. The molecule has 1 aromatic rings. The van der Waals surface area contributed by atoms with Crippen LogP contribution in [0.25, 0.3) is 0 Å². The minimum atomic E-state index is 0.812. The lowest BCUT2D eigenvalue weighted by Gasteiger charge is -2.04. The number of nitrogens with one attached hydrogen (secondary N) is 1. The van der Waals surface area contributed by atoms with Gasteiger partial charge in [-0.05, 0) is 55.1 Å². The number of allylic oxidation sites excluding steroid dienone is 1. The van der Waals surface area contributed by atoms with Crippen LogP contribution < -0.4 is 5.32 Å². The Morgan fingerprint density at radius 3 is 2.84 bits per heavy atom. The molecule has 3 nitrogen and oxygen atoms in total. The molecule has 1 aliphatic carbocycles. The molecule has 0 radical (unpaired) electrons. The van der Waals surface area contributed by atoms with Gasteiger partial charge in [-0.1, -0.05) is 18.6 Å². The summed E-state index contributed by atoms with van der Waals surface area (Å²) in [4.78, 5) is 0. The average molecular weight is 326 g/mol. The summed E-state index contributed by atoms with van der Waals surface area (Å²) in [7, 11) is 2.03. The summed E-state index contributed by atoms with van der Waals surface area (Å²) in [5.74, 6) is 0. The van der Waals surface area contributed by atoms with E-state index in [2.05, 4.69) is 46.3 Å². The summed E-state index contributed by atoms with van der Waals surface area (Å²) in [6, 6.07) is 0.812. The van der Waals surface area contributed by atoms with Crippen molar-refractivity contribution < 1.29 is 0 Å². The van der Waals surface area contributed by atoms with Gasteiger partial charge < -0.3 is 5.32 Å². The van der Waals surface area contributed by atoms with E-state index in [9.17, 15) is 0 Å². The molecule has 2 rings (SSSR count). The largest absolute Gasteiger partial charge is 0.314 e. The summed E-state index contributed by atoms with van der Waals surface area (Å²) in [5.41, 5.74) is 3.85. The van der Waals surface area contributed by atoms with Gasteiger partial charge in [0, 0.05) is 19.5 Å². The van der Waals surface area contributed by atoms with Gasteiger partial charge in [-0.2, -0.15) is 5.10 Å². The van der Waals surface area contributed by atoms with E-state index >= 15 is 0 Å². The van der Waals surface area contributed by atoms with Crippen molar-refractivity contribution in [3.05, 3.63) is 27.5 Å². The Labute approximate surface area is 124 Å². The third kappa shape index (κ3) is 4.18. The van der Waals surface area contributed by atoms with Crippen LogP contribution in [-0.4, -0.2) is 22.4 Å². The zero-order chi connectivity index (χ0) is 13.8. The minimum absolute atomic E-state index is 0.812. The van der Waals surface area contributed by atoms with E-state index in [0.29, 0.717) is 0 Å². The Hall–Kier alpha value is -0.610. The SMILES string of the molecule is CCc1nn(C)c(CC(C)=CCCNC2CC2)c1Br. The predicted molar refractivity (Wildman–Crippen MR) is 83.4 cm³/mol. The van der Waals surface area contributed by atoms with E-state index < -0.39 is 0 Å². The first-order valence-corrected chi connectivity index (χ1v) is 8.00. The molecular weight excluding hydrogens is 302 g/mol. The molecule has 1 heterocycles. The van der Waals surface area contributed by atoms with Crippen LogP contribution in [0.3, 0.4) is 0 Å². The van der Waals surface area contributed by atoms with E-state index in [1.807, 2.05) is 11.7 Å². The molecule has 0 bridgehead atoms. The highest BCUT2D eigenvalue weighted by atomic mass is 79.9. The van der Waals surface area contributed by atoms with Crippen molar-refractivity contribution in [3.8, 4) is 0 Å². The highest BCUT2D eigenvalue weighted by Crippen LogP contribution is 2.24. The lowest BCUT2D eigenvalue weighted by Crippen LogP contribution is -2.16. The third-order valence-electron chi connectivity index (χ3n) is 3.60. The molecule has 0 unspecified atom stereocenters. The minimum Gasteiger partial charge on any atom is -0.314 e. The standard InChI is InChI=1S/C15H24BrN3/c1-4-13-15(16)14(19(3)18-13)10-11(2)6-5-9-17-12-7-8-12/h6,12,17H,4-5,7-10H2,1-3H3.